The highest BCUT2D eigenvalue weighted by Crippen LogP contribution is 2.62. The summed E-state index contributed by atoms with van der Waals surface area (Å²) in [5.41, 5.74) is 1.34. The van der Waals surface area contributed by atoms with E-state index in [1.165, 1.54) is 12.8 Å². The number of nitrogens with zero attached hydrogens (tertiary/aromatic N) is 1. The van der Waals surface area contributed by atoms with Crippen molar-refractivity contribution in [3.8, 4) is 0 Å². The van der Waals surface area contributed by atoms with Crippen molar-refractivity contribution >= 4 is 17.5 Å². The third-order valence-corrected chi connectivity index (χ3v) is 5.13. The zero-order valence-electron chi connectivity index (χ0n) is 12.4. The van der Waals surface area contributed by atoms with Gasteiger partial charge in [-0.3, -0.25) is 9.59 Å². The summed E-state index contributed by atoms with van der Waals surface area (Å²) in [6.45, 7) is 0.944. The third kappa shape index (κ3) is 1.88. The lowest BCUT2D eigenvalue weighted by molar-refractivity contribution is -0.126. The first-order valence-electron chi connectivity index (χ1n) is 7.98. The number of benzene rings is 1. The molecule has 116 valence electrons. The number of hydrogen-bond acceptors (Lipinski definition) is 3. The Morgan fingerprint density at radius 1 is 1.36 bits per heavy atom. The molecule has 2 saturated carbocycles. The highest BCUT2D eigenvalue weighted by Gasteiger charge is 2.69. The molecule has 22 heavy (non-hydrogen) atoms. The minimum Gasteiger partial charge on any atom is -0.395 e. The Morgan fingerprint density at radius 3 is 2.86 bits per heavy atom. The molecule has 2 amide bonds. The highest BCUT2D eigenvalue weighted by molar-refractivity contribution is 6.14. The smallest absolute Gasteiger partial charge is 0.238 e. The average Bonchev–Trinajstić information content (AvgIpc) is 3.43. The number of fused-ring (bicyclic) bond motifs is 2. The van der Waals surface area contributed by atoms with Crippen LogP contribution in [0, 0.1) is 11.8 Å². The van der Waals surface area contributed by atoms with Gasteiger partial charge in [-0.05, 0) is 36.8 Å². The van der Waals surface area contributed by atoms with E-state index in [0.717, 1.165) is 17.8 Å². The minimum atomic E-state index is -0.648. The number of aliphatic hydroxyl groups excluding tert-OH is 1. The summed E-state index contributed by atoms with van der Waals surface area (Å²) in [6.07, 6.45) is 2.97. The molecule has 2 atom stereocenters. The molecule has 2 N–H and O–H groups in total. The van der Waals surface area contributed by atoms with Gasteiger partial charge in [0.2, 0.25) is 11.8 Å². The summed E-state index contributed by atoms with van der Waals surface area (Å²) in [7, 11) is 0. The van der Waals surface area contributed by atoms with E-state index in [1.807, 2.05) is 29.2 Å². The molecule has 4 rings (SSSR count). The van der Waals surface area contributed by atoms with Crippen LogP contribution in [-0.2, 0) is 15.0 Å². The summed E-state index contributed by atoms with van der Waals surface area (Å²) in [6, 6.07) is 7.87. The number of nitrogens with one attached hydrogen (secondary N) is 1. The molecule has 5 nitrogen and oxygen atoms in total. The molecule has 2 aliphatic carbocycles. The number of para-hydroxylation sites is 1. The zero-order chi connectivity index (χ0) is 15.3. The summed E-state index contributed by atoms with van der Waals surface area (Å²) >= 11 is 0. The molecule has 5 heteroatoms. The van der Waals surface area contributed by atoms with Gasteiger partial charge in [0, 0.05) is 18.8 Å². The molecule has 0 aromatic heterocycles. The van der Waals surface area contributed by atoms with Crippen LogP contribution in [0.5, 0.6) is 0 Å². The SMILES string of the molecule is O=C(NCCO)C1CC12C(=O)N(CC1CC1)c1ccccc12. The van der Waals surface area contributed by atoms with E-state index in [0.29, 0.717) is 12.3 Å². The van der Waals surface area contributed by atoms with Crippen LogP contribution in [0.3, 0.4) is 0 Å². The van der Waals surface area contributed by atoms with E-state index in [9.17, 15) is 9.59 Å². The minimum absolute atomic E-state index is 0.0796. The Morgan fingerprint density at radius 2 is 2.14 bits per heavy atom. The van der Waals surface area contributed by atoms with Gasteiger partial charge in [-0.2, -0.15) is 0 Å². The summed E-state index contributed by atoms with van der Waals surface area (Å²) in [5, 5.41) is 11.5. The van der Waals surface area contributed by atoms with Gasteiger partial charge in [0.1, 0.15) is 0 Å². The number of aliphatic hydroxyl groups is 1. The standard InChI is InChI=1S/C17H20N2O3/c20-8-7-18-15(21)13-9-17(13)12-3-1-2-4-14(12)19(16(17)22)10-11-5-6-11/h1-4,11,13,20H,5-10H2,(H,18,21). The van der Waals surface area contributed by atoms with Crippen LogP contribution < -0.4 is 10.2 Å². The Kier molecular flexibility index (Phi) is 3.01. The number of carbonyl (C=O) groups excluding carboxylic acids is 2. The molecule has 0 radical (unpaired) electrons. The van der Waals surface area contributed by atoms with Crippen LogP contribution in [0.1, 0.15) is 24.8 Å². The predicted octanol–water partition coefficient (Wildman–Crippen LogP) is 0.809. The first kappa shape index (κ1) is 13.8. The fourth-order valence-electron chi connectivity index (χ4n) is 3.71. The van der Waals surface area contributed by atoms with E-state index < -0.39 is 5.41 Å². The lowest BCUT2D eigenvalue weighted by Crippen LogP contribution is -2.37. The fourth-order valence-corrected chi connectivity index (χ4v) is 3.71. The topological polar surface area (TPSA) is 69.6 Å². The normalized spacial score (nSPS) is 28.9. The average molecular weight is 300 g/mol. The first-order chi connectivity index (χ1) is 10.7. The maximum Gasteiger partial charge on any atom is 0.238 e. The molecule has 1 heterocycles. The van der Waals surface area contributed by atoms with E-state index in [-0.39, 0.29) is 30.9 Å². The van der Waals surface area contributed by atoms with Crippen LogP contribution >= 0.6 is 0 Å². The van der Waals surface area contributed by atoms with Crippen LogP contribution in [0.25, 0.3) is 0 Å². The Balaban J connectivity index is 1.63. The molecule has 1 aromatic rings. The molecule has 1 aliphatic heterocycles. The molecule has 0 bridgehead atoms. The number of amides is 2. The maximum absolute atomic E-state index is 13.0. The van der Waals surface area contributed by atoms with Crippen molar-refractivity contribution in [2.75, 3.05) is 24.6 Å². The van der Waals surface area contributed by atoms with Crippen molar-refractivity contribution in [2.45, 2.75) is 24.7 Å². The fraction of sp³-hybridized carbons (Fsp3) is 0.529. The molecule has 2 unspecified atom stereocenters. The van der Waals surface area contributed by atoms with Crippen molar-refractivity contribution < 1.29 is 14.7 Å². The van der Waals surface area contributed by atoms with Crippen molar-refractivity contribution in [1.82, 2.24) is 5.32 Å². The molecule has 2 fully saturated rings. The van der Waals surface area contributed by atoms with Crippen LogP contribution in [-0.4, -0.2) is 36.6 Å². The van der Waals surface area contributed by atoms with Crippen LogP contribution in [0.15, 0.2) is 24.3 Å². The van der Waals surface area contributed by atoms with Gasteiger partial charge in [-0.25, -0.2) is 0 Å². The van der Waals surface area contributed by atoms with Crippen molar-refractivity contribution in [3.05, 3.63) is 29.8 Å². The van der Waals surface area contributed by atoms with Crippen molar-refractivity contribution in [3.63, 3.8) is 0 Å². The molecule has 0 saturated heterocycles. The van der Waals surface area contributed by atoms with Gasteiger partial charge in [0.15, 0.2) is 0 Å². The second kappa shape index (κ2) is 4.81. The second-order valence-electron chi connectivity index (χ2n) is 6.62. The van der Waals surface area contributed by atoms with Crippen LogP contribution in [0.2, 0.25) is 0 Å². The first-order valence-corrected chi connectivity index (χ1v) is 7.98. The maximum atomic E-state index is 13.0. The quantitative estimate of drug-likeness (QED) is 0.845. The molecular weight excluding hydrogens is 280 g/mol. The van der Waals surface area contributed by atoms with Gasteiger partial charge in [0.25, 0.3) is 0 Å². The Hall–Kier alpha value is -1.88. The summed E-state index contributed by atoms with van der Waals surface area (Å²) in [5.74, 6) is 0.291. The lowest BCUT2D eigenvalue weighted by Gasteiger charge is -2.17. The number of anilines is 1. The third-order valence-electron chi connectivity index (χ3n) is 5.13. The summed E-state index contributed by atoms with van der Waals surface area (Å²) < 4.78 is 0. The van der Waals surface area contributed by atoms with Gasteiger partial charge >= 0.3 is 0 Å². The van der Waals surface area contributed by atoms with E-state index >= 15 is 0 Å². The monoisotopic (exact) mass is 300 g/mol. The number of hydrogen-bond donors (Lipinski definition) is 2. The van der Waals surface area contributed by atoms with E-state index in [1.54, 1.807) is 0 Å². The van der Waals surface area contributed by atoms with Gasteiger partial charge in [0.05, 0.1) is 17.9 Å². The zero-order valence-corrected chi connectivity index (χ0v) is 12.4. The van der Waals surface area contributed by atoms with Gasteiger partial charge in [-0.1, -0.05) is 18.2 Å². The predicted molar refractivity (Wildman–Crippen MR) is 81.4 cm³/mol. The largest absolute Gasteiger partial charge is 0.395 e. The highest BCUT2D eigenvalue weighted by atomic mass is 16.3. The van der Waals surface area contributed by atoms with Gasteiger partial charge < -0.3 is 15.3 Å². The second-order valence-corrected chi connectivity index (χ2v) is 6.62. The molecule has 1 spiro atoms. The number of carbonyl (C=O) groups is 2. The molecular formula is C17H20N2O3. The van der Waals surface area contributed by atoms with Gasteiger partial charge in [-0.15, -0.1) is 0 Å². The molecule has 3 aliphatic rings. The Bertz CT molecular complexity index is 641. The van der Waals surface area contributed by atoms with Crippen molar-refractivity contribution in [2.24, 2.45) is 11.8 Å². The van der Waals surface area contributed by atoms with E-state index in [2.05, 4.69) is 5.32 Å². The van der Waals surface area contributed by atoms with E-state index in [4.69, 9.17) is 5.11 Å². The molecule has 1 aromatic carbocycles. The van der Waals surface area contributed by atoms with Crippen LogP contribution in [0.4, 0.5) is 5.69 Å². The number of rotatable bonds is 5. The summed E-state index contributed by atoms with van der Waals surface area (Å²) in [4.78, 5) is 27.1. The Labute approximate surface area is 129 Å². The lowest BCUT2D eigenvalue weighted by atomic mass is 9.94. The van der Waals surface area contributed by atoms with Crippen molar-refractivity contribution in [1.29, 1.82) is 0 Å².